The largest absolute Gasteiger partial charge is 0.507 e. The van der Waals surface area contributed by atoms with Crippen molar-refractivity contribution in [1.82, 2.24) is 0 Å². The van der Waals surface area contributed by atoms with Gasteiger partial charge in [-0.15, -0.1) is 0 Å². The van der Waals surface area contributed by atoms with Gasteiger partial charge in [0.05, 0.1) is 13.0 Å². The molecule has 0 aliphatic carbocycles. The van der Waals surface area contributed by atoms with Crippen molar-refractivity contribution in [2.75, 3.05) is 7.11 Å². The van der Waals surface area contributed by atoms with Crippen LogP contribution in [0.1, 0.15) is 68.9 Å². The Morgan fingerprint density at radius 3 is 2.46 bits per heavy atom. The molecule has 1 aromatic rings. The monoisotopic (exact) mass is 386 g/mol. The van der Waals surface area contributed by atoms with Gasteiger partial charge < -0.3 is 14.6 Å². The van der Waals surface area contributed by atoms with Crippen LogP contribution in [0, 0.1) is 18.8 Å². The van der Waals surface area contributed by atoms with Crippen molar-refractivity contribution in [1.29, 1.82) is 0 Å². The molecule has 0 radical (unpaired) electrons. The van der Waals surface area contributed by atoms with Crippen LogP contribution in [0.25, 0.3) is 0 Å². The lowest BCUT2D eigenvalue weighted by molar-refractivity contribution is 0.0725. The number of hydrogen-bond acceptors (Lipinski definition) is 4. The number of methoxy groups -OCH3 is 1. The van der Waals surface area contributed by atoms with Crippen molar-refractivity contribution in [3.05, 3.63) is 40.5 Å². The molecule has 0 amide bonds. The molecule has 1 heterocycles. The van der Waals surface area contributed by atoms with Crippen LogP contribution in [0.4, 0.5) is 0 Å². The molecule has 0 saturated heterocycles. The fourth-order valence-electron chi connectivity index (χ4n) is 3.77. The molecule has 0 aromatic heterocycles. The summed E-state index contributed by atoms with van der Waals surface area (Å²) < 4.78 is 11.9. The number of allylic oxidation sites excluding steroid dienone is 2. The minimum absolute atomic E-state index is 0.00506. The van der Waals surface area contributed by atoms with Gasteiger partial charge in [0.15, 0.2) is 5.78 Å². The van der Waals surface area contributed by atoms with Crippen LogP contribution in [-0.4, -0.2) is 24.1 Å². The summed E-state index contributed by atoms with van der Waals surface area (Å²) in [5.41, 5.74) is 3.69. The van der Waals surface area contributed by atoms with E-state index in [1.54, 1.807) is 7.11 Å². The summed E-state index contributed by atoms with van der Waals surface area (Å²) in [4.78, 5) is 13.5. The second-order valence-electron chi connectivity index (χ2n) is 8.49. The standard InChI is InChI=1S/C24H34O4/c1-13(2)9-11-17-20(25)19-21(26)18(12-10-14(3)4)23(27-8)16(7)24(19)28-22(17)15(5)6/h9,14,17,22,26H,5,10-12H2,1-4,6-8H3. The van der Waals surface area contributed by atoms with E-state index in [4.69, 9.17) is 9.47 Å². The first-order chi connectivity index (χ1) is 13.1. The normalized spacial score (nSPS) is 18.5. The molecule has 2 rings (SSSR count). The van der Waals surface area contributed by atoms with Crippen molar-refractivity contribution in [2.24, 2.45) is 11.8 Å². The average Bonchev–Trinajstić information content (AvgIpc) is 2.61. The number of aromatic hydroxyl groups is 1. The molecule has 4 nitrogen and oxygen atoms in total. The maximum absolute atomic E-state index is 13.5. The van der Waals surface area contributed by atoms with Gasteiger partial charge >= 0.3 is 0 Å². The number of rotatable bonds is 7. The van der Waals surface area contributed by atoms with E-state index in [2.05, 4.69) is 20.4 Å². The molecule has 1 aliphatic rings. The van der Waals surface area contributed by atoms with Crippen LogP contribution >= 0.6 is 0 Å². The maximum atomic E-state index is 13.5. The Labute approximate surface area is 169 Å². The number of carbonyl (C=O) groups is 1. The van der Waals surface area contributed by atoms with Crippen molar-refractivity contribution in [2.45, 2.75) is 66.9 Å². The number of Topliss-reactive ketones (excluding diaryl/α,β-unsaturated/α-hetero) is 1. The Bertz CT molecular complexity index is 798. The number of fused-ring (bicyclic) bond motifs is 1. The number of hydrogen-bond donors (Lipinski definition) is 1. The molecular weight excluding hydrogens is 352 g/mol. The predicted molar refractivity (Wildman–Crippen MR) is 114 cm³/mol. The molecule has 28 heavy (non-hydrogen) atoms. The third-order valence-electron chi connectivity index (χ3n) is 5.34. The molecule has 154 valence electrons. The predicted octanol–water partition coefficient (Wildman–Crippen LogP) is 5.79. The van der Waals surface area contributed by atoms with Crippen molar-refractivity contribution in [3.8, 4) is 17.2 Å². The minimum atomic E-state index is -0.417. The molecule has 1 N–H and O–H groups in total. The molecule has 0 saturated carbocycles. The summed E-state index contributed by atoms with van der Waals surface area (Å²) in [6.07, 6.45) is 3.73. The van der Waals surface area contributed by atoms with Gasteiger partial charge in [-0.25, -0.2) is 0 Å². The number of benzene rings is 1. The van der Waals surface area contributed by atoms with Crippen LogP contribution in [0.15, 0.2) is 23.8 Å². The molecular formula is C24H34O4. The summed E-state index contributed by atoms with van der Waals surface area (Å²) in [6, 6.07) is 0. The zero-order valence-corrected chi connectivity index (χ0v) is 18.3. The fourth-order valence-corrected chi connectivity index (χ4v) is 3.77. The highest BCUT2D eigenvalue weighted by Gasteiger charge is 2.41. The highest BCUT2D eigenvalue weighted by atomic mass is 16.5. The van der Waals surface area contributed by atoms with Gasteiger partial charge in [-0.05, 0) is 58.4 Å². The van der Waals surface area contributed by atoms with E-state index in [1.807, 2.05) is 33.8 Å². The SMILES string of the molecule is C=C(C)C1Oc2c(C)c(OC)c(CCC(C)C)c(O)c2C(=O)C1CC=C(C)C. The minimum Gasteiger partial charge on any atom is -0.507 e. The highest BCUT2D eigenvalue weighted by molar-refractivity contribution is 6.05. The Hall–Kier alpha value is -2.23. The van der Waals surface area contributed by atoms with Gasteiger partial charge in [0.2, 0.25) is 0 Å². The van der Waals surface area contributed by atoms with E-state index < -0.39 is 12.0 Å². The fraction of sp³-hybridized carbons (Fsp3) is 0.542. The Balaban J connectivity index is 2.64. The van der Waals surface area contributed by atoms with E-state index >= 15 is 0 Å². The Morgan fingerprint density at radius 2 is 1.96 bits per heavy atom. The lowest BCUT2D eigenvalue weighted by atomic mass is 9.81. The molecule has 4 heteroatoms. The third kappa shape index (κ3) is 4.26. The number of ether oxygens (including phenoxy) is 2. The first-order valence-electron chi connectivity index (χ1n) is 10.0. The molecule has 2 atom stereocenters. The van der Waals surface area contributed by atoms with Crippen molar-refractivity contribution in [3.63, 3.8) is 0 Å². The zero-order chi connectivity index (χ0) is 21.2. The molecule has 1 aromatic carbocycles. The topological polar surface area (TPSA) is 55.8 Å². The number of carbonyl (C=O) groups excluding carboxylic acids is 1. The lowest BCUT2D eigenvalue weighted by Crippen LogP contribution is -2.38. The second kappa shape index (κ2) is 8.85. The zero-order valence-electron chi connectivity index (χ0n) is 18.3. The number of phenolic OH excluding ortho intramolecular Hbond substituents is 1. The van der Waals surface area contributed by atoms with Crippen LogP contribution in [-0.2, 0) is 6.42 Å². The smallest absolute Gasteiger partial charge is 0.177 e. The van der Waals surface area contributed by atoms with Gasteiger partial charge in [0, 0.05) is 11.1 Å². The van der Waals surface area contributed by atoms with Crippen molar-refractivity contribution < 1.29 is 19.4 Å². The summed E-state index contributed by atoms with van der Waals surface area (Å²) in [5.74, 6) is 1.04. The third-order valence-corrected chi connectivity index (χ3v) is 5.34. The molecule has 0 spiro atoms. The summed E-state index contributed by atoms with van der Waals surface area (Å²) in [6.45, 7) is 16.1. The maximum Gasteiger partial charge on any atom is 0.177 e. The lowest BCUT2D eigenvalue weighted by Gasteiger charge is -2.35. The van der Waals surface area contributed by atoms with Crippen LogP contribution < -0.4 is 9.47 Å². The van der Waals surface area contributed by atoms with Gasteiger partial charge in [-0.3, -0.25) is 4.79 Å². The van der Waals surface area contributed by atoms with Gasteiger partial charge in [-0.1, -0.05) is 32.1 Å². The Kier molecular flexibility index (Phi) is 6.97. The number of ketones is 1. The van der Waals surface area contributed by atoms with Gasteiger partial charge in [0.1, 0.15) is 28.9 Å². The van der Waals surface area contributed by atoms with Gasteiger partial charge in [-0.2, -0.15) is 0 Å². The van der Waals surface area contributed by atoms with Crippen LogP contribution in [0.2, 0.25) is 0 Å². The van der Waals surface area contributed by atoms with Gasteiger partial charge in [0.25, 0.3) is 0 Å². The average molecular weight is 387 g/mol. The highest BCUT2D eigenvalue weighted by Crippen LogP contribution is 2.48. The van der Waals surface area contributed by atoms with E-state index in [9.17, 15) is 9.90 Å². The van der Waals surface area contributed by atoms with E-state index in [0.29, 0.717) is 41.4 Å². The van der Waals surface area contributed by atoms with Crippen LogP contribution in [0.5, 0.6) is 17.2 Å². The van der Waals surface area contributed by atoms with Crippen molar-refractivity contribution >= 4 is 5.78 Å². The molecule has 2 unspecified atom stereocenters. The first kappa shape index (κ1) is 22.1. The molecule has 0 fully saturated rings. The van der Waals surface area contributed by atoms with Crippen LogP contribution in [0.3, 0.4) is 0 Å². The summed E-state index contributed by atoms with van der Waals surface area (Å²) in [5, 5.41) is 11.1. The quantitative estimate of drug-likeness (QED) is 0.603. The van der Waals surface area contributed by atoms with E-state index in [1.165, 1.54) is 0 Å². The van der Waals surface area contributed by atoms with E-state index in [0.717, 1.165) is 23.1 Å². The summed E-state index contributed by atoms with van der Waals surface area (Å²) in [7, 11) is 1.59. The summed E-state index contributed by atoms with van der Waals surface area (Å²) >= 11 is 0. The Morgan fingerprint density at radius 1 is 1.32 bits per heavy atom. The molecule has 0 bridgehead atoms. The second-order valence-corrected chi connectivity index (χ2v) is 8.49. The van der Waals surface area contributed by atoms with E-state index in [-0.39, 0.29) is 11.5 Å². The number of phenols is 1. The molecule has 1 aliphatic heterocycles. The first-order valence-corrected chi connectivity index (χ1v) is 10.0.